The first kappa shape index (κ1) is 7.03. The van der Waals surface area contributed by atoms with E-state index >= 15 is 0 Å². The maximum Gasteiger partial charge on any atom is 0.0437 e. The third kappa shape index (κ3) is 1.43. The van der Waals surface area contributed by atoms with Crippen LogP contribution < -0.4 is 0 Å². The van der Waals surface area contributed by atoms with Gasteiger partial charge in [-0.15, -0.1) is 10.3 Å². The number of hydrogen-bond acceptors (Lipinski definition) is 1. The van der Waals surface area contributed by atoms with Crippen LogP contribution in [0.1, 0.15) is 33.1 Å². The molecule has 0 amide bonds. The highest BCUT2D eigenvalue weighted by Gasteiger charge is 2.29. The van der Waals surface area contributed by atoms with Crippen LogP contribution in [0.15, 0.2) is 0 Å². The van der Waals surface area contributed by atoms with Crippen molar-refractivity contribution in [2.24, 2.45) is 0 Å². The summed E-state index contributed by atoms with van der Waals surface area (Å²) < 4.78 is 0. The summed E-state index contributed by atoms with van der Waals surface area (Å²) in [7, 11) is 0. The van der Waals surface area contributed by atoms with Gasteiger partial charge in [0.15, 0.2) is 0 Å². The molecule has 0 aliphatic carbocycles. The van der Waals surface area contributed by atoms with Gasteiger partial charge in [-0.05, 0) is 26.7 Å². The normalized spacial score (nSPS) is 28.3. The van der Waals surface area contributed by atoms with Crippen LogP contribution in [0.4, 0.5) is 0 Å². The summed E-state index contributed by atoms with van der Waals surface area (Å²) in [4.78, 5) is 0. The number of rotatable bonds is 0. The molecule has 1 fully saturated rings. The molecule has 0 unspecified atom stereocenters. The van der Waals surface area contributed by atoms with Crippen molar-refractivity contribution < 1.29 is 5.21 Å². The summed E-state index contributed by atoms with van der Waals surface area (Å²) in [5, 5.41) is 12.2. The Morgan fingerprint density at radius 2 is 2.00 bits per heavy atom. The number of piperidine rings is 1. The lowest BCUT2D eigenvalue weighted by molar-refractivity contribution is -0.230. The Labute approximate surface area is 56.4 Å². The molecule has 0 N–H and O–H groups in total. The van der Waals surface area contributed by atoms with Gasteiger partial charge in [0.1, 0.15) is 0 Å². The Kier molecular flexibility index (Phi) is 1.78. The Hall–Kier alpha value is -0.0800. The maximum atomic E-state index is 11.0. The van der Waals surface area contributed by atoms with Crippen molar-refractivity contribution in [3.63, 3.8) is 0 Å². The quantitative estimate of drug-likeness (QED) is 0.486. The lowest BCUT2D eigenvalue weighted by Crippen LogP contribution is -2.43. The van der Waals surface area contributed by atoms with E-state index in [2.05, 4.69) is 0 Å². The number of nitrogens with zero attached hydrogens (tertiary/aromatic N) is 1. The van der Waals surface area contributed by atoms with Crippen LogP contribution >= 0.6 is 0 Å². The van der Waals surface area contributed by atoms with Gasteiger partial charge in [-0.25, -0.2) is 0 Å². The maximum absolute atomic E-state index is 11.0. The molecule has 2 nitrogen and oxygen atoms in total. The van der Waals surface area contributed by atoms with Gasteiger partial charge >= 0.3 is 0 Å². The van der Waals surface area contributed by atoms with E-state index in [-0.39, 0.29) is 5.54 Å². The monoisotopic (exact) mass is 128 g/mol. The second kappa shape index (κ2) is 2.27. The summed E-state index contributed by atoms with van der Waals surface area (Å²) in [6, 6.07) is 0. The zero-order valence-corrected chi connectivity index (χ0v) is 6.18. The van der Waals surface area contributed by atoms with Crippen LogP contribution in [0, 0.1) is 0 Å². The molecule has 0 aromatic carbocycles. The summed E-state index contributed by atoms with van der Waals surface area (Å²) in [5.41, 5.74) is -0.0851. The first-order chi connectivity index (χ1) is 4.13. The fourth-order valence-corrected chi connectivity index (χ4v) is 1.24. The molecular formula is C7H14NO. The van der Waals surface area contributed by atoms with Crippen LogP contribution in [-0.4, -0.2) is 17.1 Å². The Bertz CT molecular complexity index is 101. The Morgan fingerprint density at radius 1 is 1.33 bits per heavy atom. The second-order valence-corrected chi connectivity index (χ2v) is 3.37. The largest absolute Gasteiger partial charge is 0.149 e. The van der Waals surface area contributed by atoms with Gasteiger partial charge in [-0.1, -0.05) is 6.42 Å². The lowest BCUT2D eigenvalue weighted by Gasteiger charge is -2.35. The molecule has 1 saturated heterocycles. The second-order valence-electron chi connectivity index (χ2n) is 3.37. The van der Waals surface area contributed by atoms with E-state index in [4.69, 9.17) is 0 Å². The van der Waals surface area contributed by atoms with Gasteiger partial charge < -0.3 is 0 Å². The topological polar surface area (TPSA) is 23.1 Å². The van der Waals surface area contributed by atoms with Gasteiger partial charge in [-0.3, -0.25) is 0 Å². The first-order valence-electron chi connectivity index (χ1n) is 3.58. The summed E-state index contributed by atoms with van der Waals surface area (Å²) in [5.74, 6) is 0. The predicted octanol–water partition coefficient (Wildman–Crippen LogP) is 1.60. The zero-order valence-electron chi connectivity index (χ0n) is 6.18. The van der Waals surface area contributed by atoms with E-state index in [1.54, 1.807) is 0 Å². The Balaban J connectivity index is 2.49. The summed E-state index contributed by atoms with van der Waals surface area (Å²) >= 11 is 0. The van der Waals surface area contributed by atoms with E-state index in [9.17, 15) is 5.21 Å². The van der Waals surface area contributed by atoms with E-state index in [1.807, 2.05) is 13.8 Å². The van der Waals surface area contributed by atoms with Crippen molar-refractivity contribution in [2.45, 2.75) is 38.6 Å². The molecular weight excluding hydrogens is 114 g/mol. The first-order valence-corrected chi connectivity index (χ1v) is 3.58. The summed E-state index contributed by atoms with van der Waals surface area (Å²) in [6.07, 6.45) is 3.34. The van der Waals surface area contributed by atoms with Crippen molar-refractivity contribution in [3.8, 4) is 0 Å². The molecule has 2 heteroatoms. The molecule has 0 aromatic rings. The van der Waals surface area contributed by atoms with E-state index < -0.39 is 0 Å². The fraction of sp³-hybridized carbons (Fsp3) is 1.00. The Morgan fingerprint density at radius 3 is 2.33 bits per heavy atom. The molecule has 1 radical (unpaired) electrons. The van der Waals surface area contributed by atoms with Crippen LogP contribution in [-0.2, 0) is 5.21 Å². The minimum atomic E-state index is -0.0851. The highest BCUT2D eigenvalue weighted by atomic mass is 16.5. The highest BCUT2D eigenvalue weighted by Crippen LogP contribution is 2.24. The third-order valence-corrected chi connectivity index (χ3v) is 2.07. The predicted molar refractivity (Wildman–Crippen MR) is 35.3 cm³/mol. The van der Waals surface area contributed by atoms with E-state index in [1.165, 1.54) is 11.5 Å². The summed E-state index contributed by atoms with van der Waals surface area (Å²) in [6.45, 7) is 4.76. The number of hydrogen-bond donors (Lipinski definition) is 0. The number of hydroxylamine groups is 2. The van der Waals surface area contributed by atoms with Crippen LogP contribution in [0.2, 0.25) is 0 Å². The average Bonchev–Trinajstić information content (AvgIpc) is 1.77. The fourth-order valence-electron chi connectivity index (χ4n) is 1.24. The van der Waals surface area contributed by atoms with Crippen LogP contribution in [0.25, 0.3) is 0 Å². The molecule has 1 aliphatic heterocycles. The lowest BCUT2D eigenvalue weighted by atomic mass is 9.93. The molecule has 1 rings (SSSR count). The van der Waals surface area contributed by atoms with Crippen molar-refractivity contribution in [1.82, 2.24) is 5.06 Å². The van der Waals surface area contributed by atoms with Crippen molar-refractivity contribution >= 4 is 0 Å². The van der Waals surface area contributed by atoms with Crippen LogP contribution in [0.5, 0.6) is 0 Å². The van der Waals surface area contributed by atoms with Crippen molar-refractivity contribution in [1.29, 1.82) is 0 Å². The van der Waals surface area contributed by atoms with Gasteiger partial charge in [0.05, 0.1) is 0 Å². The van der Waals surface area contributed by atoms with Crippen LogP contribution in [0.3, 0.4) is 0 Å². The van der Waals surface area contributed by atoms with E-state index in [0.29, 0.717) is 0 Å². The highest BCUT2D eigenvalue weighted by molar-refractivity contribution is 4.79. The van der Waals surface area contributed by atoms with Gasteiger partial charge in [-0.2, -0.15) is 0 Å². The standard InChI is InChI=1S/C7H14NO/c1-7(2)5-3-4-6-8(7)9/h3-6H2,1-2H3. The minimum Gasteiger partial charge on any atom is -0.149 e. The molecule has 0 bridgehead atoms. The molecule has 0 saturated carbocycles. The molecule has 1 heterocycles. The van der Waals surface area contributed by atoms with Gasteiger partial charge in [0.25, 0.3) is 0 Å². The third-order valence-electron chi connectivity index (χ3n) is 2.07. The molecule has 0 spiro atoms. The van der Waals surface area contributed by atoms with Crippen molar-refractivity contribution in [2.75, 3.05) is 6.54 Å². The molecule has 0 atom stereocenters. The van der Waals surface area contributed by atoms with Crippen molar-refractivity contribution in [3.05, 3.63) is 0 Å². The smallest absolute Gasteiger partial charge is 0.0437 e. The molecule has 53 valence electrons. The van der Waals surface area contributed by atoms with Gasteiger partial charge in [0, 0.05) is 12.1 Å². The zero-order chi connectivity index (χ0) is 6.91. The minimum absolute atomic E-state index is 0.0851. The SMILES string of the molecule is CC1(C)CCCCN1[O]. The molecule has 9 heavy (non-hydrogen) atoms. The average molecular weight is 128 g/mol. The van der Waals surface area contributed by atoms with E-state index in [0.717, 1.165) is 19.4 Å². The molecule has 0 aromatic heterocycles. The molecule has 1 aliphatic rings. The van der Waals surface area contributed by atoms with Gasteiger partial charge in [0.2, 0.25) is 0 Å².